The van der Waals surface area contributed by atoms with E-state index < -0.39 is 0 Å². The largest absolute Gasteiger partial charge is 0.497 e. The summed E-state index contributed by atoms with van der Waals surface area (Å²) in [5, 5.41) is 12.1. The van der Waals surface area contributed by atoms with Gasteiger partial charge < -0.3 is 20.1 Å². The van der Waals surface area contributed by atoms with E-state index in [1.807, 2.05) is 12.1 Å². The number of halogens is 1. The smallest absolute Gasteiger partial charge is 0.119 e. The van der Waals surface area contributed by atoms with Crippen LogP contribution in [0.4, 0.5) is 0 Å². The topological polar surface area (TPSA) is 42.5 Å². The van der Waals surface area contributed by atoms with Crippen LogP contribution in [0.15, 0.2) is 72.8 Å². The summed E-state index contributed by atoms with van der Waals surface area (Å²) >= 11 is 0. The third-order valence-corrected chi connectivity index (χ3v) is 6.34. The fraction of sp³-hybridized carbons (Fsp3) is 0.333. The molecule has 0 radical (unpaired) electrons. The molecule has 0 aliphatic rings. The van der Waals surface area contributed by atoms with E-state index in [1.165, 1.54) is 58.4 Å². The third kappa shape index (κ3) is 7.86. The van der Waals surface area contributed by atoms with Crippen LogP contribution in [0.1, 0.15) is 36.8 Å². The molecule has 0 spiro atoms. The molecule has 4 nitrogen and oxygen atoms in total. The van der Waals surface area contributed by atoms with Crippen LogP contribution >= 0.6 is 12.4 Å². The van der Waals surface area contributed by atoms with Crippen molar-refractivity contribution in [1.29, 1.82) is 0 Å². The van der Waals surface area contributed by atoms with Gasteiger partial charge in [-0.3, -0.25) is 0 Å². The zero-order valence-electron chi connectivity index (χ0n) is 20.8. The molecule has 0 heterocycles. The Morgan fingerprint density at radius 2 is 0.914 bits per heavy atom. The number of ether oxygens (including phenoxy) is 2. The van der Waals surface area contributed by atoms with Crippen molar-refractivity contribution in [3.8, 4) is 11.5 Å². The predicted octanol–water partition coefficient (Wildman–Crippen LogP) is 6.87. The van der Waals surface area contributed by atoms with Gasteiger partial charge in [-0.2, -0.15) is 0 Å². The van der Waals surface area contributed by atoms with Crippen molar-refractivity contribution in [1.82, 2.24) is 10.6 Å². The standard InChI is InChI=1S/C30H36N2O2.ClH/c1-33-29-13-11-25-17-23(7-9-27(25)19-29)21-31-15-5-3-4-6-16-32-22-24-8-10-28-20-30(34-2)14-12-26(28)18-24;/h7-14,17-20,31-32H,3-6,15-16,21-22H2,1-2H3;1H. The Labute approximate surface area is 215 Å². The molecule has 0 aliphatic carbocycles. The maximum atomic E-state index is 5.31. The van der Waals surface area contributed by atoms with Gasteiger partial charge in [0.05, 0.1) is 14.2 Å². The molecule has 5 heteroatoms. The first-order chi connectivity index (χ1) is 16.7. The monoisotopic (exact) mass is 492 g/mol. The van der Waals surface area contributed by atoms with E-state index in [2.05, 4.69) is 71.3 Å². The zero-order valence-corrected chi connectivity index (χ0v) is 21.6. The number of rotatable bonds is 13. The van der Waals surface area contributed by atoms with Gasteiger partial charge in [-0.15, -0.1) is 12.4 Å². The molecule has 0 atom stereocenters. The molecule has 0 bridgehead atoms. The maximum absolute atomic E-state index is 5.31. The van der Waals surface area contributed by atoms with Crippen molar-refractivity contribution < 1.29 is 9.47 Å². The van der Waals surface area contributed by atoms with Crippen LogP contribution in [0.5, 0.6) is 11.5 Å². The van der Waals surface area contributed by atoms with E-state index >= 15 is 0 Å². The molecule has 0 aromatic heterocycles. The van der Waals surface area contributed by atoms with Crippen LogP contribution in [0.3, 0.4) is 0 Å². The van der Waals surface area contributed by atoms with Crippen molar-refractivity contribution in [2.45, 2.75) is 38.8 Å². The number of benzene rings is 4. The molecule has 0 saturated carbocycles. The molecule has 0 saturated heterocycles. The fourth-order valence-electron chi connectivity index (χ4n) is 4.34. The van der Waals surface area contributed by atoms with Crippen LogP contribution < -0.4 is 20.1 Å². The molecule has 0 aliphatic heterocycles. The highest BCUT2D eigenvalue weighted by atomic mass is 35.5. The summed E-state index contributed by atoms with van der Waals surface area (Å²) in [5.74, 6) is 1.81. The molecule has 4 aromatic rings. The lowest BCUT2D eigenvalue weighted by molar-refractivity contribution is 0.415. The van der Waals surface area contributed by atoms with E-state index in [4.69, 9.17) is 9.47 Å². The summed E-state index contributed by atoms with van der Waals surface area (Å²) in [6.45, 7) is 3.97. The van der Waals surface area contributed by atoms with E-state index in [-0.39, 0.29) is 12.4 Å². The van der Waals surface area contributed by atoms with Crippen LogP contribution in [0.25, 0.3) is 21.5 Å². The number of nitrogens with one attached hydrogen (secondary N) is 2. The molecule has 35 heavy (non-hydrogen) atoms. The first-order valence-electron chi connectivity index (χ1n) is 12.3. The van der Waals surface area contributed by atoms with Gasteiger partial charge in [-0.1, -0.05) is 49.2 Å². The van der Waals surface area contributed by atoms with Gasteiger partial charge in [0, 0.05) is 13.1 Å². The summed E-state index contributed by atoms with van der Waals surface area (Å²) in [4.78, 5) is 0. The summed E-state index contributed by atoms with van der Waals surface area (Å²) in [7, 11) is 3.42. The number of fused-ring (bicyclic) bond motifs is 2. The maximum Gasteiger partial charge on any atom is 0.119 e. The highest BCUT2D eigenvalue weighted by Crippen LogP contribution is 2.23. The second-order valence-corrected chi connectivity index (χ2v) is 8.86. The molecule has 0 fully saturated rings. The SMILES string of the molecule is COc1ccc2cc(CNCCCCCCNCc3ccc4cc(OC)ccc4c3)ccc2c1.Cl. The van der Waals surface area contributed by atoms with Gasteiger partial charge >= 0.3 is 0 Å². The van der Waals surface area contributed by atoms with Gasteiger partial charge in [0.1, 0.15) is 11.5 Å². The lowest BCUT2D eigenvalue weighted by Gasteiger charge is -2.08. The summed E-state index contributed by atoms with van der Waals surface area (Å²) in [6, 6.07) is 25.8. The van der Waals surface area contributed by atoms with Gasteiger partial charge in [-0.05, 0) is 95.0 Å². The van der Waals surface area contributed by atoms with Crippen molar-refractivity contribution in [3.05, 3.63) is 83.9 Å². The van der Waals surface area contributed by atoms with Crippen LogP contribution in [0, 0.1) is 0 Å². The Morgan fingerprint density at radius 3 is 1.34 bits per heavy atom. The van der Waals surface area contributed by atoms with Gasteiger partial charge in [-0.25, -0.2) is 0 Å². The minimum Gasteiger partial charge on any atom is -0.497 e. The Morgan fingerprint density at radius 1 is 0.514 bits per heavy atom. The van der Waals surface area contributed by atoms with Crippen molar-refractivity contribution in [3.63, 3.8) is 0 Å². The molecular formula is C30H37ClN2O2. The molecule has 4 aromatic carbocycles. The lowest BCUT2D eigenvalue weighted by Crippen LogP contribution is -2.16. The minimum absolute atomic E-state index is 0. The second kappa shape index (κ2) is 13.9. The van der Waals surface area contributed by atoms with Crippen molar-refractivity contribution in [2.24, 2.45) is 0 Å². The van der Waals surface area contributed by atoms with E-state index in [0.717, 1.165) is 37.7 Å². The molecule has 4 rings (SSSR count). The number of hydrogen-bond acceptors (Lipinski definition) is 4. The predicted molar refractivity (Wildman–Crippen MR) is 150 cm³/mol. The summed E-state index contributed by atoms with van der Waals surface area (Å²) in [6.07, 6.45) is 4.98. The minimum atomic E-state index is 0. The zero-order chi connectivity index (χ0) is 23.6. The van der Waals surface area contributed by atoms with E-state index in [1.54, 1.807) is 14.2 Å². The highest BCUT2D eigenvalue weighted by molar-refractivity contribution is 5.86. The van der Waals surface area contributed by atoms with Crippen LogP contribution in [-0.2, 0) is 13.1 Å². The number of hydrogen-bond donors (Lipinski definition) is 2. The van der Waals surface area contributed by atoms with Gasteiger partial charge in [0.15, 0.2) is 0 Å². The second-order valence-electron chi connectivity index (χ2n) is 8.86. The number of methoxy groups -OCH3 is 2. The average molecular weight is 493 g/mol. The molecular weight excluding hydrogens is 456 g/mol. The summed E-state index contributed by atoms with van der Waals surface area (Å²) in [5.41, 5.74) is 2.66. The average Bonchev–Trinajstić information content (AvgIpc) is 2.88. The third-order valence-electron chi connectivity index (χ3n) is 6.34. The molecule has 0 unspecified atom stereocenters. The normalized spacial score (nSPS) is 10.9. The van der Waals surface area contributed by atoms with E-state index in [9.17, 15) is 0 Å². The Bertz CT molecular complexity index is 1120. The highest BCUT2D eigenvalue weighted by Gasteiger charge is 2.01. The Balaban J connectivity index is 0.00000342. The first kappa shape index (κ1) is 26.8. The van der Waals surface area contributed by atoms with Crippen molar-refractivity contribution in [2.75, 3.05) is 27.3 Å². The lowest BCUT2D eigenvalue weighted by atomic mass is 10.1. The molecule has 0 amide bonds. The van der Waals surface area contributed by atoms with Crippen molar-refractivity contribution >= 4 is 34.0 Å². The van der Waals surface area contributed by atoms with E-state index in [0.29, 0.717) is 0 Å². The van der Waals surface area contributed by atoms with Gasteiger partial charge in [0.25, 0.3) is 0 Å². The molecule has 186 valence electrons. The Hall–Kier alpha value is -2.79. The fourth-order valence-corrected chi connectivity index (χ4v) is 4.34. The summed E-state index contributed by atoms with van der Waals surface area (Å²) < 4.78 is 10.6. The molecule has 2 N–H and O–H groups in total. The van der Waals surface area contributed by atoms with Gasteiger partial charge in [0.2, 0.25) is 0 Å². The van der Waals surface area contributed by atoms with Crippen LogP contribution in [-0.4, -0.2) is 27.3 Å². The Kier molecular flexibility index (Phi) is 10.7. The first-order valence-corrected chi connectivity index (χ1v) is 12.3. The van der Waals surface area contributed by atoms with Crippen LogP contribution in [0.2, 0.25) is 0 Å². The number of unbranched alkanes of at least 4 members (excludes halogenated alkanes) is 3. The quantitative estimate of drug-likeness (QED) is 0.200.